The van der Waals surface area contributed by atoms with Crippen LogP contribution >= 0.6 is 0 Å². The zero-order valence-corrected chi connectivity index (χ0v) is 15.2. The van der Waals surface area contributed by atoms with Crippen LogP contribution in [0.1, 0.15) is 16.7 Å². The summed E-state index contributed by atoms with van der Waals surface area (Å²) >= 11 is 0. The Morgan fingerprint density at radius 2 is 1.46 bits per heavy atom. The average Bonchev–Trinajstić information content (AvgIpc) is 2.65. The molecule has 1 aromatic heterocycles. The molecule has 0 aliphatic rings. The molecular formula is C23H21N3. The molecule has 3 nitrogen and oxygen atoms in total. The number of benzene rings is 3. The molecule has 1 heterocycles. The zero-order valence-electron chi connectivity index (χ0n) is 15.2. The lowest BCUT2D eigenvalue weighted by atomic mass is 10.0. The molecule has 0 atom stereocenters. The van der Waals surface area contributed by atoms with E-state index >= 15 is 0 Å². The van der Waals surface area contributed by atoms with E-state index in [0.717, 1.165) is 27.8 Å². The van der Waals surface area contributed by atoms with Crippen LogP contribution in [0.4, 0.5) is 11.6 Å². The fourth-order valence-corrected chi connectivity index (χ4v) is 3.24. The minimum Gasteiger partial charge on any atom is -0.324 e. The van der Waals surface area contributed by atoms with Crippen LogP contribution in [-0.2, 0) is 0 Å². The van der Waals surface area contributed by atoms with Gasteiger partial charge in [-0.3, -0.25) is 0 Å². The Bertz CT molecular complexity index is 1070. The molecule has 26 heavy (non-hydrogen) atoms. The summed E-state index contributed by atoms with van der Waals surface area (Å²) in [5, 5.41) is 4.51. The van der Waals surface area contributed by atoms with Crippen molar-refractivity contribution in [3.63, 3.8) is 0 Å². The van der Waals surface area contributed by atoms with Crippen LogP contribution in [-0.4, -0.2) is 9.97 Å². The topological polar surface area (TPSA) is 37.8 Å². The van der Waals surface area contributed by atoms with E-state index in [1.807, 2.05) is 18.2 Å². The molecule has 0 radical (unpaired) electrons. The van der Waals surface area contributed by atoms with E-state index in [0.29, 0.717) is 5.95 Å². The number of rotatable bonds is 3. The van der Waals surface area contributed by atoms with E-state index in [1.165, 1.54) is 16.7 Å². The standard InChI is InChI=1S/C23H21N3/c1-15-12-13-20-19(14-15)22(18-10-5-4-6-11-18)26-23(24-20)25-21-16(2)8-7-9-17(21)3/h4-14H,1-3H3,(H,24,25,26). The summed E-state index contributed by atoms with van der Waals surface area (Å²) in [6.45, 7) is 6.28. The van der Waals surface area contributed by atoms with Crippen molar-refractivity contribution in [2.75, 3.05) is 5.32 Å². The van der Waals surface area contributed by atoms with E-state index < -0.39 is 0 Å². The third-order valence-electron chi connectivity index (χ3n) is 4.62. The van der Waals surface area contributed by atoms with Gasteiger partial charge in [0.05, 0.1) is 11.2 Å². The van der Waals surface area contributed by atoms with Crippen molar-refractivity contribution in [2.45, 2.75) is 20.8 Å². The first-order valence-corrected chi connectivity index (χ1v) is 8.79. The number of fused-ring (bicyclic) bond motifs is 1. The maximum absolute atomic E-state index is 4.87. The summed E-state index contributed by atoms with van der Waals surface area (Å²) in [4.78, 5) is 9.63. The Hall–Kier alpha value is -3.20. The first-order valence-electron chi connectivity index (χ1n) is 8.79. The van der Waals surface area contributed by atoms with Gasteiger partial charge in [0, 0.05) is 16.6 Å². The van der Waals surface area contributed by atoms with Gasteiger partial charge >= 0.3 is 0 Å². The van der Waals surface area contributed by atoms with E-state index in [-0.39, 0.29) is 0 Å². The van der Waals surface area contributed by atoms with Crippen LogP contribution in [0.2, 0.25) is 0 Å². The predicted octanol–water partition coefficient (Wildman–Crippen LogP) is 5.97. The summed E-state index contributed by atoms with van der Waals surface area (Å²) in [6, 6.07) is 22.8. The fourth-order valence-electron chi connectivity index (χ4n) is 3.24. The molecule has 4 rings (SSSR count). The number of hydrogen-bond acceptors (Lipinski definition) is 3. The lowest BCUT2D eigenvalue weighted by Gasteiger charge is -2.14. The van der Waals surface area contributed by atoms with Crippen molar-refractivity contribution in [3.8, 4) is 11.3 Å². The molecule has 0 saturated heterocycles. The Kier molecular flexibility index (Phi) is 4.13. The summed E-state index contributed by atoms with van der Waals surface area (Å²) in [5.74, 6) is 0.623. The number of anilines is 2. The highest BCUT2D eigenvalue weighted by atomic mass is 15.1. The smallest absolute Gasteiger partial charge is 0.228 e. The van der Waals surface area contributed by atoms with E-state index in [2.05, 4.69) is 74.6 Å². The molecule has 4 aromatic rings. The highest BCUT2D eigenvalue weighted by Gasteiger charge is 2.11. The van der Waals surface area contributed by atoms with Gasteiger partial charge in [-0.2, -0.15) is 0 Å². The molecule has 0 unspecified atom stereocenters. The van der Waals surface area contributed by atoms with Gasteiger partial charge in [0.1, 0.15) is 0 Å². The second-order valence-corrected chi connectivity index (χ2v) is 6.67. The van der Waals surface area contributed by atoms with Crippen molar-refractivity contribution in [3.05, 3.63) is 83.4 Å². The molecular weight excluding hydrogens is 318 g/mol. The van der Waals surface area contributed by atoms with Crippen molar-refractivity contribution in [2.24, 2.45) is 0 Å². The van der Waals surface area contributed by atoms with E-state index in [1.54, 1.807) is 0 Å². The van der Waals surface area contributed by atoms with Gasteiger partial charge in [-0.15, -0.1) is 0 Å². The fraction of sp³-hybridized carbons (Fsp3) is 0.130. The molecule has 0 fully saturated rings. The normalized spacial score (nSPS) is 10.9. The van der Waals surface area contributed by atoms with Crippen LogP contribution in [0.25, 0.3) is 22.2 Å². The number of para-hydroxylation sites is 1. The molecule has 128 valence electrons. The van der Waals surface area contributed by atoms with Crippen LogP contribution in [0.5, 0.6) is 0 Å². The van der Waals surface area contributed by atoms with Gasteiger partial charge in [-0.1, -0.05) is 60.2 Å². The molecule has 1 N–H and O–H groups in total. The van der Waals surface area contributed by atoms with Gasteiger partial charge in [0.15, 0.2) is 0 Å². The Morgan fingerprint density at radius 3 is 2.19 bits per heavy atom. The maximum Gasteiger partial charge on any atom is 0.228 e. The monoisotopic (exact) mass is 339 g/mol. The van der Waals surface area contributed by atoms with Crippen LogP contribution < -0.4 is 5.32 Å². The molecule has 0 saturated carbocycles. The van der Waals surface area contributed by atoms with Crippen molar-refractivity contribution < 1.29 is 0 Å². The first-order chi connectivity index (χ1) is 12.6. The first kappa shape index (κ1) is 16.3. The highest BCUT2D eigenvalue weighted by molar-refractivity contribution is 5.93. The Balaban J connectivity index is 1.91. The van der Waals surface area contributed by atoms with E-state index in [9.17, 15) is 0 Å². The molecule has 0 bridgehead atoms. The largest absolute Gasteiger partial charge is 0.324 e. The van der Waals surface area contributed by atoms with Gasteiger partial charge in [-0.05, 0) is 44.0 Å². The molecule has 0 aliphatic heterocycles. The number of hydrogen-bond donors (Lipinski definition) is 1. The zero-order chi connectivity index (χ0) is 18.1. The molecule has 0 aliphatic carbocycles. The number of aryl methyl sites for hydroxylation is 3. The van der Waals surface area contributed by atoms with Gasteiger partial charge in [-0.25, -0.2) is 9.97 Å². The van der Waals surface area contributed by atoms with Crippen molar-refractivity contribution in [1.82, 2.24) is 9.97 Å². The SMILES string of the molecule is Cc1ccc2nc(Nc3c(C)cccc3C)nc(-c3ccccc3)c2c1. The van der Waals surface area contributed by atoms with Crippen molar-refractivity contribution in [1.29, 1.82) is 0 Å². The third kappa shape index (κ3) is 3.04. The summed E-state index contributed by atoms with van der Waals surface area (Å²) < 4.78 is 0. The summed E-state index contributed by atoms with van der Waals surface area (Å²) in [6.07, 6.45) is 0. The number of aromatic nitrogens is 2. The third-order valence-corrected chi connectivity index (χ3v) is 4.62. The average molecular weight is 339 g/mol. The van der Waals surface area contributed by atoms with Crippen LogP contribution in [0.3, 0.4) is 0 Å². The minimum atomic E-state index is 0.623. The quantitative estimate of drug-likeness (QED) is 0.500. The summed E-state index contributed by atoms with van der Waals surface area (Å²) in [7, 11) is 0. The van der Waals surface area contributed by atoms with Crippen molar-refractivity contribution >= 4 is 22.5 Å². The van der Waals surface area contributed by atoms with Gasteiger partial charge in [0.2, 0.25) is 5.95 Å². The van der Waals surface area contributed by atoms with Crippen LogP contribution in [0, 0.1) is 20.8 Å². The highest BCUT2D eigenvalue weighted by Crippen LogP contribution is 2.30. The van der Waals surface area contributed by atoms with Crippen LogP contribution in [0.15, 0.2) is 66.7 Å². The lowest BCUT2D eigenvalue weighted by Crippen LogP contribution is -2.02. The molecule has 0 amide bonds. The van der Waals surface area contributed by atoms with E-state index in [4.69, 9.17) is 9.97 Å². The summed E-state index contributed by atoms with van der Waals surface area (Å²) in [5.41, 5.74) is 7.62. The predicted molar refractivity (Wildman–Crippen MR) is 109 cm³/mol. The second-order valence-electron chi connectivity index (χ2n) is 6.67. The van der Waals surface area contributed by atoms with Gasteiger partial charge in [0.25, 0.3) is 0 Å². The Labute approximate surface area is 153 Å². The van der Waals surface area contributed by atoms with Gasteiger partial charge < -0.3 is 5.32 Å². The lowest BCUT2D eigenvalue weighted by molar-refractivity contribution is 1.20. The molecule has 0 spiro atoms. The molecule has 3 heteroatoms. The second kappa shape index (κ2) is 6.60. The number of nitrogens with zero attached hydrogens (tertiary/aromatic N) is 2. The Morgan fingerprint density at radius 1 is 0.731 bits per heavy atom. The molecule has 3 aromatic carbocycles. The maximum atomic E-state index is 4.87. The minimum absolute atomic E-state index is 0.623. The number of nitrogens with one attached hydrogen (secondary N) is 1.